The minimum Gasteiger partial charge on any atom is -0.493 e. The normalized spacial score (nSPS) is 19.8. The number of amides is 2. The van der Waals surface area contributed by atoms with Crippen molar-refractivity contribution in [3.8, 4) is 11.5 Å². The Bertz CT molecular complexity index is 591. The van der Waals surface area contributed by atoms with Crippen molar-refractivity contribution in [1.29, 1.82) is 0 Å². The molecule has 5 N–H and O–H groups in total. The molecule has 1 aromatic carbocycles. The van der Waals surface area contributed by atoms with Crippen LogP contribution in [0.2, 0.25) is 0 Å². The van der Waals surface area contributed by atoms with E-state index in [4.69, 9.17) is 20.9 Å². The highest BCUT2D eigenvalue weighted by Gasteiger charge is 2.25. The summed E-state index contributed by atoms with van der Waals surface area (Å²) >= 11 is 0. The number of benzene rings is 1. The van der Waals surface area contributed by atoms with Crippen LogP contribution in [-0.4, -0.2) is 31.6 Å². The summed E-state index contributed by atoms with van der Waals surface area (Å²) in [4.78, 5) is 22.8. The van der Waals surface area contributed by atoms with Gasteiger partial charge >= 0.3 is 0 Å². The van der Waals surface area contributed by atoms with E-state index in [-0.39, 0.29) is 24.5 Å². The van der Waals surface area contributed by atoms with Gasteiger partial charge in [0.05, 0.1) is 7.11 Å². The Morgan fingerprint density at radius 2 is 2.08 bits per heavy atom. The zero-order valence-electron chi connectivity index (χ0n) is 13.9. The summed E-state index contributed by atoms with van der Waals surface area (Å²) in [6, 6.07) is 5.40. The molecule has 0 saturated heterocycles. The van der Waals surface area contributed by atoms with E-state index in [9.17, 15) is 9.59 Å². The Labute approximate surface area is 141 Å². The number of hydrogen-bond donors (Lipinski definition) is 3. The van der Waals surface area contributed by atoms with E-state index in [0.29, 0.717) is 24.5 Å². The van der Waals surface area contributed by atoms with Gasteiger partial charge in [-0.3, -0.25) is 9.59 Å². The molecule has 0 spiro atoms. The molecule has 0 bridgehead atoms. The lowest BCUT2D eigenvalue weighted by molar-refractivity contribution is -0.122. The van der Waals surface area contributed by atoms with Crippen LogP contribution in [0.15, 0.2) is 18.2 Å². The molecular weight excluding hydrogens is 310 g/mol. The molecule has 24 heavy (non-hydrogen) atoms. The molecule has 0 aromatic heterocycles. The Kier molecular flexibility index (Phi) is 6.43. The maximum absolute atomic E-state index is 12.0. The molecule has 0 aliphatic heterocycles. The van der Waals surface area contributed by atoms with Gasteiger partial charge in [0.15, 0.2) is 18.1 Å². The first kappa shape index (κ1) is 18.1. The van der Waals surface area contributed by atoms with Crippen LogP contribution in [0.1, 0.15) is 31.2 Å². The predicted molar refractivity (Wildman–Crippen MR) is 89.5 cm³/mol. The van der Waals surface area contributed by atoms with Crippen molar-refractivity contribution >= 4 is 11.8 Å². The first-order valence-electron chi connectivity index (χ1n) is 8.10. The zero-order chi connectivity index (χ0) is 17.5. The molecule has 2 atom stereocenters. The van der Waals surface area contributed by atoms with Crippen LogP contribution in [0.5, 0.6) is 11.5 Å². The van der Waals surface area contributed by atoms with Crippen molar-refractivity contribution in [1.82, 2.24) is 5.32 Å². The average molecular weight is 335 g/mol. The van der Waals surface area contributed by atoms with E-state index in [1.807, 2.05) is 0 Å². The lowest BCUT2D eigenvalue weighted by Crippen LogP contribution is -2.31. The van der Waals surface area contributed by atoms with Crippen molar-refractivity contribution in [2.45, 2.75) is 38.3 Å². The van der Waals surface area contributed by atoms with E-state index in [1.165, 1.54) is 7.11 Å². The third-order valence-corrected chi connectivity index (χ3v) is 4.25. The summed E-state index contributed by atoms with van der Waals surface area (Å²) < 4.78 is 10.5. The fourth-order valence-corrected chi connectivity index (χ4v) is 2.92. The Hall–Kier alpha value is -2.28. The number of rotatable bonds is 8. The van der Waals surface area contributed by atoms with Crippen molar-refractivity contribution in [2.75, 3.05) is 13.7 Å². The molecule has 1 fully saturated rings. The summed E-state index contributed by atoms with van der Waals surface area (Å²) in [5.74, 6) is 0.650. The summed E-state index contributed by atoms with van der Waals surface area (Å²) in [6.45, 7) is 0.182. The molecule has 132 valence electrons. The summed E-state index contributed by atoms with van der Waals surface area (Å²) in [6.07, 6.45) is 3.59. The quantitative estimate of drug-likeness (QED) is 0.646. The standard InChI is InChI=1S/C17H25N3O4/c1-23-15-7-11(5-6-14(15)24-10-16(19)21)9-20-17(22)8-12-3-2-4-13(12)18/h5-7,12-13H,2-4,8-10,18H2,1H3,(H2,19,21)(H,20,22)/t12-,13+/m0/s1. The van der Waals surface area contributed by atoms with Crippen LogP contribution in [0, 0.1) is 5.92 Å². The Balaban J connectivity index is 1.87. The zero-order valence-corrected chi connectivity index (χ0v) is 13.9. The summed E-state index contributed by atoms with van der Waals surface area (Å²) in [5.41, 5.74) is 11.9. The first-order chi connectivity index (χ1) is 11.5. The fourth-order valence-electron chi connectivity index (χ4n) is 2.92. The van der Waals surface area contributed by atoms with E-state index in [0.717, 1.165) is 24.8 Å². The topological polar surface area (TPSA) is 117 Å². The minimum atomic E-state index is -0.557. The highest BCUT2D eigenvalue weighted by atomic mass is 16.5. The van der Waals surface area contributed by atoms with Gasteiger partial charge in [0.25, 0.3) is 5.91 Å². The van der Waals surface area contributed by atoms with E-state index >= 15 is 0 Å². The number of nitrogens with two attached hydrogens (primary N) is 2. The van der Waals surface area contributed by atoms with Gasteiger partial charge in [0, 0.05) is 19.0 Å². The molecule has 7 heteroatoms. The summed E-state index contributed by atoms with van der Waals surface area (Å²) in [5, 5.41) is 2.90. The second-order valence-corrected chi connectivity index (χ2v) is 6.08. The number of hydrogen-bond acceptors (Lipinski definition) is 5. The van der Waals surface area contributed by atoms with Crippen molar-refractivity contribution in [2.24, 2.45) is 17.4 Å². The van der Waals surface area contributed by atoms with Crippen LogP contribution < -0.4 is 26.3 Å². The Morgan fingerprint density at radius 1 is 1.29 bits per heavy atom. The van der Waals surface area contributed by atoms with Crippen molar-refractivity contribution in [3.63, 3.8) is 0 Å². The highest BCUT2D eigenvalue weighted by molar-refractivity contribution is 5.76. The number of carbonyl (C=O) groups is 2. The number of nitrogens with one attached hydrogen (secondary N) is 1. The molecule has 1 aliphatic rings. The number of primary amides is 1. The SMILES string of the molecule is COc1cc(CNC(=O)C[C@@H]2CCC[C@H]2N)ccc1OCC(N)=O. The third kappa shape index (κ3) is 5.13. The largest absolute Gasteiger partial charge is 0.493 e. The highest BCUT2D eigenvalue weighted by Crippen LogP contribution is 2.28. The second-order valence-electron chi connectivity index (χ2n) is 6.08. The van der Waals surface area contributed by atoms with E-state index in [2.05, 4.69) is 5.32 Å². The molecule has 0 radical (unpaired) electrons. The van der Waals surface area contributed by atoms with Gasteiger partial charge in [-0.2, -0.15) is 0 Å². The van der Waals surface area contributed by atoms with Crippen LogP contribution in [0.25, 0.3) is 0 Å². The van der Waals surface area contributed by atoms with Gasteiger partial charge in [-0.25, -0.2) is 0 Å². The van der Waals surface area contributed by atoms with Crippen molar-refractivity contribution in [3.05, 3.63) is 23.8 Å². The average Bonchev–Trinajstić information content (AvgIpc) is 2.96. The smallest absolute Gasteiger partial charge is 0.255 e. The Morgan fingerprint density at radius 3 is 2.71 bits per heavy atom. The number of carbonyl (C=O) groups excluding carboxylic acids is 2. The van der Waals surface area contributed by atoms with Gasteiger partial charge in [-0.1, -0.05) is 12.5 Å². The summed E-state index contributed by atoms with van der Waals surface area (Å²) in [7, 11) is 1.51. The molecular formula is C17H25N3O4. The lowest BCUT2D eigenvalue weighted by Gasteiger charge is -2.15. The van der Waals surface area contributed by atoms with Gasteiger partial charge in [-0.05, 0) is 36.5 Å². The fraction of sp³-hybridized carbons (Fsp3) is 0.529. The van der Waals surface area contributed by atoms with Crippen LogP contribution in [0.4, 0.5) is 0 Å². The number of ether oxygens (including phenoxy) is 2. The van der Waals surface area contributed by atoms with Crippen LogP contribution in [0.3, 0.4) is 0 Å². The molecule has 2 amide bonds. The van der Waals surface area contributed by atoms with Gasteiger partial charge < -0.3 is 26.3 Å². The van der Waals surface area contributed by atoms with E-state index in [1.54, 1.807) is 18.2 Å². The van der Waals surface area contributed by atoms with Gasteiger partial charge in [-0.15, -0.1) is 0 Å². The van der Waals surface area contributed by atoms with Crippen molar-refractivity contribution < 1.29 is 19.1 Å². The minimum absolute atomic E-state index is 0.00497. The monoisotopic (exact) mass is 335 g/mol. The third-order valence-electron chi connectivity index (χ3n) is 4.25. The number of methoxy groups -OCH3 is 1. The lowest BCUT2D eigenvalue weighted by atomic mass is 10.00. The molecule has 7 nitrogen and oxygen atoms in total. The predicted octanol–water partition coefficient (Wildman–Crippen LogP) is 0.693. The first-order valence-corrected chi connectivity index (χ1v) is 8.10. The second kappa shape index (κ2) is 8.54. The molecule has 1 aliphatic carbocycles. The molecule has 1 saturated carbocycles. The molecule has 1 aromatic rings. The van der Waals surface area contributed by atoms with Gasteiger partial charge in [0.2, 0.25) is 5.91 Å². The van der Waals surface area contributed by atoms with Crippen LogP contribution >= 0.6 is 0 Å². The molecule has 0 heterocycles. The van der Waals surface area contributed by atoms with E-state index < -0.39 is 5.91 Å². The van der Waals surface area contributed by atoms with Crippen LogP contribution in [-0.2, 0) is 16.1 Å². The maximum atomic E-state index is 12.0. The maximum Gasteiger partial charge on any atom is 0.255 e. The molecule has 0 unspecified atom stereocenters. The molecule has 2 rings (SSSR count). The van der Waals surface area contributed by atoms with Gasteiger partial charge in [0.1, 0.15) is 0 Å².